The zero-order chi connectivity index (χ0) is 49.7. The van der Waals surface area contributed by atoms with Crippen molar-refractivity contribution in [2.45, 2.75) is 52.4 Å². The van der Waals surface area contributed by atoms with Crippen LogP contribution in [-0.2, 0) is 10.8 Å². The Balaban J connectivity index is 0.882. The molecule has 10 aromatic rings. The zero-order valence-electron chi connectivity index (χ0n) is 42.3. The highest BCUT2D eigenvalue weighted by Crippen LogP contribution is 2.39. The fraction of sp³-hybridized carbons (Fsp3) is 0.114. The van der Waals surface area contributed by atoms with Crippen molar-refractivity contribution in [3.05, 3.63) is 275 Å². The van der Waals surface area contributed by atoms with Gasteiger partial charge in [-0.3, -0.25) is 0 Å². The van der Waals surface area contributed by atoms with Crippen LogP contribution in [0.25, 0.3) is 58.0 Å². The van der Waals surface area contributed by atoms with Crippen LogP contribution in [0, 0.1) is 0 Å². The molecule has 0 heterocycles. The van der Waals surface area contributed by atoms with Gasteiger partial charge in [0.15, 0.2) is 0 Å². The predicted molar refractivity (Wildman–Crippen MR) is 314 cm³/mol. The van der Waals surface area contributed by atoms with E-state index in [0.29, 0.717) is 0 Å². The van der Waals surface area contributed by atoms with Crippen LogP contribution in [-0.4, -0.2) is 0 Å². The fourth-order valence-corrected chi connectivity index (χ4v) is 9.23. The van der Waals surface area contributed by atoms with E-state index in [4.69, 9.17) is 0 Å². The number of hydrogen-bond acceptors (Lipinski definition) is 2. The second-order valence-corrected chi connectivity index (χ2v) is 20.8. The fourth-order valence-electron chi connectivity index (χ4n) is 9.23. The summed E-state index contributed by atoms with van der Waals surface area (Å²) in [5.41, 5.74) is 16.5. The second kappa shape index (κ2) is 20.5. The predicted octanol–water partition coefficient (Wildman–Crippen LogP) is 20.0. The number of fused-ring (bicyclic) bond motifs is 2. The lowest BCUT2D eigenvalue weighted by molar-refractivity contribution is 0.590. The molecule has 10 rings (SSSR count). The summed E-state index contributed by atoms with van der Waals surface area (Å²) < 4.78 is 0. The van der Waals surface area contributed by atoms with Crippen LogP contribution in [0.1, 0.15) is 86.1 Å². The van der Waals surface area contributed by atoms with E-state index in [-0.39, 0.29) is 10.8 Å². The van der Waals surface area contributed by atoms with Crippen LogP contribution >= 0.6 is 0 Å². The molecule has 2 nitrogen and oxygen atoms in total. The van der Waals surface area contributed by atoms with Gasteiger partial charge >= 0.3 is 0 Å². The van der Waals surface area contributed by atoms with E-state index in [0.717, 1.165) is 56.4 Å². The maximum atomic E-state index is 2.34. The van der Waals surface area contributed by atoms with Crippen molar-refractivity contribution in [1.29, 1.82) is 0 Å². The SMILES string of the molecule is CC(C)(C)c1ccc(/C=C/c2ccc(N(c3ccc(/C=C/c4ccc(N(c5ccc(/C=C/c6ccc(C(C)(C)C)cc6)cc5)c5ccc6ccccc6c5)cc4)cc3)c3ccc4ccccc4c3)cc2)cc1. The Hall–Kier alpha value is -8.46. The van der Waals surface area contributed by atoms with Crippen LogP contribution in [0.4, 0.5) is 34.1 Å². The third-order valence-electron chi connectivity index (χ3n) is 13.5. The summed E-state index contributed by atoms with van der Waals surface area (Å²) in [7, 11) is 0. The van der Waals surface area contributed by atoms with E-state index in [1.54, 1.807) is 0 Å². The van der Waals surface area contributed by atoms with E-state index in [1.165, 1.54) is 43.8 Å². The minimum absolute atomic E-state index is 0.137. The Morgan fingerprint density at radius 1 is 0.236 bits per heavy atom. The molecule has 2 heteroatoms. The largest absolute Gasteiger partial charge is 0.310 e. The smallest absolute Gasteiger partial charge is 0.0468 e. The molecule has 0 radical (unpaired) electrons. The molecular formula is C70H62N2. The van der Waals surface area contributed by atoms with Gasteiger partial charge in [-0.1, -0.05) is 236 Å². The lowest BCUT2D eigenvalue weighted by Crippen LogP contribution is -2.10. The maximum Gasteiger partial charge on any atom is 0.0468 e. The third-order valence-corrected chi connectivity index (χ3v) is 13.5. The molecule has 0 fully saturated rings. The highest BCUT2D eigenvalue weighted by molar-refractivity contribution is 5.91. The highest BCUT2D eigenvalue weighted by Gasteiger charge is 2.17. The molecule has 352 valence electrons. The summed E-state index contributed by atoms with van der Waals surface area (Å²) >= 11 is 0. The number of anilines is 6. The lowest BCUT2D eigenvalue weighted by atomic mass is 9.87. The van der Waals surface area contributed by atoms with Crippen LogP contribution in [0.5, 0.6) is 0 Å². The van der Waals surface area contributed by atoms with Crippen LogP contribution in [0.2, 0.25) is 0 Å². The molecule has 0 aliphatic rings. The van der Waals surface area contributed by atoms with Gasteiger partial charge < -0.3 is 9.80 Å². The summed E-state index contributed by atoms with van der Waals surface area (Å²) in [4.78, 5) is 4.69. The first-order chi connectivity index (χ1) is 34.9. The molecule has 0 aliphatic heterocycles. The number of benzene rings is 10. The van der Waals surface area contributed by atoms with Crippen molar-refractivity contribution in [2.24, 2.45) is 0 Å². The molecule has 10 aromatic carbocycles. The average molecular weight is 931 g/mol. The van der Waals surface area contributed by atoms with Crippen LogP contribution < -0.4 is 9.80 Å². The van der Waals surface area contributed by atoms with Crippen LogP contribution in [0.15, 0.2) is 231 Å². The minimum atomic E-state index is 0.137. The average Bonchev–Trinajstić information content (AvgIpc) is 3.40. The minimum Gasteiger partial charge on any atom is -0.310 e. The van der Waals surface area contributed by atoms with Crippen molar-refractivity contribution in [3.63, 3.8) is 0 Å². The van der Waals surface area contributed by atoms with Crippen LogP contribution in [0.3, 0.4) is 0 Å². The van der Waals surface area contributed by atoms with E-state index in [2.05, 4.69) is 318 Å². The molecular weight excluding hydrogens is 869 g/mol. The van der Waals surface area contributed by atoms with Crippen molar-refractivity contribution in [3.8, 4) is 0 Å². The molecule has 0 saturated heterocycles. The van der Waals surface area contributed by atoms with E-state index in [9.17, 15) is 0 Å². The summed E-state index contributed by atoms with van der Waals surface area (Å²) in [6, 6.07) is 83.7. The van der Waals surface area contributed by atoms with Crippen molar-refractivity contribution < 1.29 is 0 Å². The molecule has 0 aromatic heterocycles. The molecule has 0 unspecified atom stereocenters. The molecule has 0 saturated carbocycles. The van der Waals surface area contributed by atoms with Gasteiger partial charge in [-0.25, -0.2) is 0 Å². The summed E-state index contributed by atoms with van der Waals surface area (Å²) in [6.07, 6.45) is 13.2. The van der Waals surface area contributed by atoms with Gasteiger partial charge in [0.25, 0.3) is 0 Å². The molecule has 0 amide bonds. The van der Waals surface area contributed by atoms with Gasteiger partial charge in [0.2, 0.25) is 0 Å². The summed E-state index contributed by atoms with van der Waals surface area (Å²) in [5, 5.41) is 4.87. The zero-order valence-corrected chi connectivity index (χ0v) is 42.3. The van der Waals surface area contributed by atoms with E-state index >= 15 is 0 Å². The number of nitrogens with zero attached hydrogens (tertiary/aromatic N) is 2. The standard InChI is InChI=1S/C70H62N2/c1-69(2,3)61-35-21-51(22-36-61)15-17-53-25-39-63(40-26-53)71(67-47-33-57-11-7-9-13-59(57)49-67)65-43-29-55(30-44-65)19-20-56-31-45-66(46-32-56)72(68-48-34-58-12-8-10-14-60(58)50-68)64-41-27-54(28-42-64)18-16-52-23-37-62(38-24-52)70(4,5)6/h7-50H,1-6H3/b17-15+,18-16+,20-19+. The van der Waals surface area contributed by atoms with E-state index < -0.39 is 0 Å². The first-order valence-corrected chi connectivity index (χ1v) is 25.1. The quantitative estimate of drug-likeness (QED) is 0.113. The van der Waals surface area contributed by atoms with E-state index in [1.807, 2.05) is 0 Å². The first-order valence-electron chi connectivity index (χ1n) is 25.1. The Bertz CT molecular complexity index is 3290. The third kappa shape index (κ3) is 11.1. The Morgan fingerprint density at radius 3 is 0.708 bits per heavy atom. The lowest BCUT2D eigenvalue weighted by Gasteiger charge is -2.26. The van der Waals surface area contributed by atoms with Gasteiger partial charge in [-0.05, 0) is 150 Å². The Kier molecular flexibility index (Phi) is 13.4. The van der Waals surface area contributed by atoms with Crippen molar-refractivity contribution >= 4 is 92.1 Å². The molecule has 0 spiro atoms. The molecule has 0 atom stereocenters. The van der Waals surface area contributed by atoms with Gasteiger partial charge in [0.05, 0.1) is 0 Å². The number of hydrogen-bond donors (Lipinski definition) is 0. The van der Waals surface area contributed by atoms with Gasteiger partial charge in [0, 0.05) is 34.1 Å². The summed E-state index contributed by atoms with van der Waals surface area (Å²) in [6.45, 7) is 13.5. The molecule has 0 aliphatic carbocycles. The molecule has 0 bridgehead atoms. The van der Waals surface area contributed by atoms with Gasteiger partial charge in [0.1, 0.15) is 0 Å². The van der Waals surface area contributed by atoms with Crippen molar-refractivity contribution in [1.82, 2.24) is 0 Å². The first kappa shape index (κ1) is 47.2. The topological polar surface area (TPSA) is 6.48 Å². The maximum absolute atomic E-state index is 2.34. The molecule has 72 heavy (non-hydrogen) atoms. The van der Waals surface area contributed by atoms with Crippen molar-refractivity contribution in [2.75, 3.05) is 9.80 Å². The summed E-state index contributed by atoms with van der Waals surface area (Å²) in [5.74, 6) is 0. The number of rotatable bonds is 12. The Labute approximate surface area is 427 Å². The van der Waals surface area contributed by atoms with Gasteiger partial charge in [-0.2, -0.15) is 0 Å². The highest BCUT2D eigenvalue weighted by atomic mass is 15.1. The monoisotopic (exact) mass is 930 g/mol. The van der Waals surface area contributed by atoms with Gasteiger partial charge in [-0.15, -0.1) is 0 Å². The molecule has 0 N–H and O–H groups in total. The normalized spacial score (nSPS) is 12.1. The second-order valence-electron chi connectivity index (χ2n) is 20.8. The Morgan fingerprint density at radius 2 is 0.458 bits per heavy atom.